The zero-order valence-corrected chi connectivity index (χ0v) is 11.7. The molecule has 1 aromatic carbocycles. The monoisotopic (exact) mass is 322 g/mol. The molecule has 0 aliphatic heterocycles. The molecule has 4 N–H and O–H groups in total. The first kappa shape index (κ1) is 14.2. The van der Waals surface area contributed by atoms with Crippen LogP contribution in [0.1, 0.15) is 10.4 Å². The van der Waals surface area contributed by atoms with E-state index < -0.39 is 22.0 Å². The summed E-state index contributed by atoms with van der Waals surface area (Å²) in [6.45, 7) is 0. The van der Waals surface area contributed by atoms with Crippen LogP contribution >= 0.6 is 0 Å². The van der Waals surface area contributed by atoms with E-state index in [1.165, 1.54) is 10.6 Å². The molecular weight excluding hydrogens is 312 g/mol. The fourth-order valence-electron chi connectivity index (χ4n) is 2.41. The van der Waals surface area contributed by atoms with Crippen molar-refractivity contribution in [1.82, 2.24) is 4.40 Å². The first-order valence-electron chi connectivity index (χ1n) is 5.99. The van der Waals surface area contributed by atoms with Gasteiger partial charge in [-0.05, 0) is 6.07 Å². The highest BCUT2D eigenvalue weighted by Crippen LogP contribution is 2.35. The van der Waals surface area contributed by atoms with Crippen molar-refractivity contribution in [3.8, 4) is 11.5 Å². The van der Waals surface area contributed by atoms with Gasteiger partial charge in [0.05, 0.1) is 17.3 Å². The molecule has 0 bridgehead atoms. The van der Waals surface area contributed by atoms with Gasteiger partial charge in [0.15, 0.2) is 5.75 Å². The summed E-state index contributed by atoms with van der Waals surface area (Å²) in [4.78, 5) is 11.5. The molecule has 0 saturated carbocycles. The van der Waals surface area contributed by atoms with Crippen LogP contribution < -0.4 is 9.32 Å². The maximum absolute atomic E-state index is 11.5. The number of aromatic hydroxyl groups is 1. The van der Waals surface area contributed by atoms with Crippen molar-refractivity contribution in [3.63, 3.8) is 0 Å². The number of hydrogen-bond acceptors (Lipinski definition) is 5. The van der Waals surface area contributed by atoms with Gasteiger partial charge in [0, 0.05) is 11.5 Å². The minimum absolute atomic E-state index is 0.0375. The average molecular weight is 322 g/mol. The van der Waals surface area contributed by atoms with E-state index in [1.54, 1.807) is 24.3 Å². The number of aromatic carboxylic acids is 1. The Morgan fingerprint density at radius 1 is 1.27 bits per heavy atom. The highest BCUT2D eigenvalue weighted by atomic mass is 32.2. The lowest BCUT2D eigenvalue weighted by Crippen LogP contribution is -2.19. The molecular formula is C13H10N2O6S. The summed E-state index contributed by atoms with van der Waals surface area (Å²) in [5.41, 5.74) is 0.427. The predicted octanol–water partition coefficient (Wildman–Crippen LogP) is 1.08. The van der Waals surface area contributed by atoms with Crippen molar-refractivity contribution in [2.45, 2.75) is 0 Å². The average Bonchev–Trinajstić information content (AvgIpc) is 2.72. The zero-order valence-electron chi connectivity index (χ0n) is 10.9. The molecule has 114 valence electrons. The van der Waals surface area contributed by atoms with E-state index in [-0.39, 0.29) is 16.8 Å². The molecule has 8 nitrogen and oxygen atoms in total. The first-order chi connectivity index (χ1) is 10.3. The maximum atomic E-state index is 11.5. The smallest absolute Gasteiger partial charge is 0.380 e. The summed E-state index contributed by atoms with van der Waals surface area (Å²) < 4.78 is 27.9. The molecule has 2 aromatic heterocycles. The Morgan fingerprint density at radius 3 is 2.59 bits per heavy atom. The summed E-state index contributed by atoms with van der Waals surface area (Å²) in [7, 11) is -4.27. The lowest BCUT2D eigenvalue weighted by molar-refractivity contribution is 0.0700. The molecule has 0 radical (unpaired) electrons. The van der Waals surface area contributed by atoms with Crippen LogP contribution in [0.15, 0.2) is 36.5 Å². The van der Waals surface area contributed by atoms with Crippen molar-refractivity contribution >= 4 is 32.7 Å². The number of carboxylic acid groups (broad SMARTS) is 1. The first-order valence-corrected chi connectivity index (χ1v) is 7.46. The molecule has 22 heavy (non-hydrogen) atoms. The summed E-state index contributed by atoms with van der Waals surface area (Å²) in [6.07, 6.45) is 1.24. The zero-order chi connectivity index (χ0) is 16.1. The highest BCUT2D eigenvalue weighted by Gasteiger charge is 2.21. The quantitative estimate of drug-likeness (QED) is 0.661. The fraction of sp³-hybridized carbons (Fsp3) is 0. The van der Waals surface area contributed by atoms with Gasteiger partial charge in [-0.3, -0.25) is 0 Å². The Hall–Kier alpha value is -2.78. The van der Waals surface area contributed by atoms with Gasteiger partial charge in [-0.2, -0.15) is 13.6 Å². The number of benzene rings is 1. The molecule has 0 fully saturated rings. The Balaban J connectivity index is 2.44. The maximum Gasteiger partial charge on any atom is 0.380 e. The second kappa shape index (κ2) is 4.61. The van der Waals surface area contributed by atoms with Crippen LogP contribution in [0.4, 0.5) is 0 Å². The van der Waals surface area contributed by atoms with E-state index in [2.05, 4.69) is 4.18 Å². The molecule has 3 rings (SSSR count). The minimum atomic E-state index is -4.27. The minimum Gasteiger partial charge on any atom is -0.506 e. The molecule has 0 atom stereocenters. The SMILES string of the molecule is NS(=O)(=O)Oc1cc(O)c2c(C(=O)O)c3ccccc3n2c1. The lowest BCUT2D eigenvalue weighted by Gasteiger charge is -2.06. The van der Waals surface area contributed by atoms with Gasteiger partial charge in [-0.15, -0.1) is 0 Å². The van der Waals surface area contributed by atoms with Crippen molar-refractivity contribution in [2.24, 2.45) is 5.14 Å². The standard InChI is InChI=1S/C13H10N2O6S/c14-22(19,20)21-7-5-10(16)12-11(13(17)18)8-3-1-2-4-9(8)15(12)6-7/h1-6,16H,(H,17,18)(H2,14,19,20). The Bertz CT molecular complexity index is 1020. The predicted molar refractivity (Wildman–Crippen MR) is 77.3 cm³/mol. The normalized spacial score (nSPS) is 11.9. The van der Waals surface area contributed by atoms with Crippen LogP contribution in [-0.4, -0.2) is 29.0 Å². The van der Waals surface area contributed by atoms with Crippen LogP contribution in [0.5, 0.6) is 11.5 Å². The largest absolute Gasteiger partial charge is 0.506 e. The van der Waals surface area contributed by atoms with E-state index in [4.69, 9.17) is 5.14 Å². The van der Waals surface area contributed by atoms with E-state index in [0.29, 0.717) is 10.9 Å². The number of fused-ring (bicyclic) bond motifs is 3. The highest BCUT2D eigenvalue weighted by molar-refractivity contribution is 7.84. The molecule has 0 aliphatic rings. The second-order valence-electron chi connectivity index (χ2n) is 4.55. The Morgan fingerprint density at radius 2 is 1.95 bits per heavy atom. The van der Waals surface area contributed by atoms with E-state index in [9.17, 15) is 23.4 Å². The van der Waals surface area contributed by atoms with Gasteiger partial charge >= 0.3 is 16.3 Å². The third kappa shape index (κ3) is 2.22. The summed E-state index contributed by atoms with van der Waals surface area (Å²) >= 11 is 0. The number of carbonyl (C=O) groups is 1. The third-order valence-corrected chi connectivity index (χ3v) is 3.54. The van der Waals surface area contributed by atoms with E-state index >= 15 is 0 Å². The molecule has 0 unspecified atom stereocenters. The third-order valence-electron chi connectivity index (χ3n) is 3.11. The Labute approximate surface area is 124 Å². The van der Waals surface area contributed by atoms with Gasteiger partial charge in [0.2, 0.25) is 0 Å². The van der Waals surface area contributed by atoms with E-state index in [1.807, 2.05) is 0 Å². The van der Waals surface area contributed by atoms with Crippen molar-refractivity contribution < 1.29 is 27.6 Å². The number of rotatable bonds is 3. The number of nitrogens with two attached hydrogens (primary N) is 1. The van der Waals surface area contributed by atoms with Crippen molar-refractivity contribution in [3.05, 3.63) is 42.1 Å². The van der Waals surface area contributed by atoms with Crippen LogP contribution in [0.25, 0.3) is 16.4 Å². The topological polar surface area (TPSA) is 131 Å². The molecule has 2 heterocycles. The Kier molecular flexibility index (Phi) is 2.97. The van der Waals surface area contributed by atoms with E-state index in [0.717, 1.165) is 6.07 Å². The van der Waals surface area contributed by atoms with Crippen LogP contribution in [-0.2, 0) is 10.3 Å². The number of carboxylic acids is 1. The van der Waals surface area contributed by atoms with Gasteiger partial charge < -0.3 is 18.8 Å². The van der Waals surface area contributed by atoms with Gasteiger partial charge in [0.25, 0.3) is 0 Å². The fourth-order valence-corrected chi connectivity index (χ4v) is 2.77. The molecule has 0 saturated heterocycles. The van der Waals surface area contributed by atoms with Crippen LogP contribution in [0, 0.1) is 0 Å². The molecule has 0 aliphatic carbocycles. The molecule has 9 heteroatoms. The van der Waals surface area contributed by atoms with Crippen LogP contribution in [0.3, 0.4) is 0 Å². The summed E-state index contributed by atoms with van der Waals surface area (Å²) in [5.74, 6) is -1.88. The van der Waals surface area contributed by atoms with Crippen LogP contribution in [0.2, 0.25) is 0 Å². The van der Waals surface area contributed by atoms with Gasteiger partial charge in [0.1, 0.15) is 11.3 Å². The number of pyridine rings is 1. The summed E-state index contributed by atoms with van der Waals surface area (Å²) in [5, 5.41) is 24.7. The second-order valence-corrected chi connectivity index (χ2v) is 5.71. The molecule has 0 amide bonds. The lowest BCUT2D eigenvalue weighted by atomic mass is 10.1. The number of aromatic nitrogens is 1. The summed E-state index contributed by atoms with van der Waals surface area (Å²) in [6, 6.07) is 7.56. The number of para-hydroxylation sites is 1. The molecule has 3 aromatic rings. The van der Waals surface area contributed by atoms with Gasteiger partial charge in [-0.25, -0.2) is 4.79 Å². The number of hydrogen-bond donors (Lipinski definition) is 3. The molecule has 0 spiro atoms. The number of nitrogens with zero attached hydrogens (tertiary/aromatic N) is 1. The van der Waals surface area contributed by atoms with Crippen molar-refractivity contribution in [2.75, 3.05) is 0 Å². The van der Waals surface area contributed by atoms with Crippen molar-refractivity contribution in [1.29, 1.82) is 0 Å². The van der Waals surface area contributed by atoms with Gasteiger partial charge in [-0.1, -0.05) is 18.2 Å².